The first-order valence-corrected chi connectivity index (χ1v) is 6.53. The largest absolute Gasteiger partial charge is 0.335 e. The van der Waals surface area contributed by atoms with Crippen LogP contribution in [-0.2, 0) is 6.54 Å². The van der Waals surface area contributed by atoms with Crippen LogP contribution >= 0.6 is 0 Å². The molecule has 1 aromatic rings. The van der Waals surface area contributed by atoms with Crippen molar-refractivity contribution >= 4 is 6.03 Å². The number of urea groups is 1. The van der Waals surface area contributed by atoms with Gasteiger partial charge in [-0.25, -0.2) is 9.18 Å². The lowest BCUT2D eigenvalue weighted by atomic mass is 9.96. The Balaban J connectivity index is 1.76. The molecule has 2 rings (SSSR count). The SMILES string of the molecule is O=C(NCc1ccccc1F)NC1CCCCC1. The van der Waals surface area contributed by atoms with Crippen molar-refractivity contribution in [2.24, 2.45) is 0 Å². The van der Waals surface area contributed by atoms with Crippen LogP contribution in [0, 0.1) is 5.82 Å². The molecule has 0 atom stereocenters. The van der Waals surface area contributed by atoms with Crippen LogP contribution < -0.4 is 10.6 Å². The first-order chi connectivity index (χ1) is 8.75. The maximum atomic E-state index is 13.3. The Morgan fingerprint density at radius 3 is 2.67 bits per heavy atom. The second-order valence-electron chi connectivity index (χ2n) is 4.75. The Labute approximate surface area is 107 Å². The molecule has 0 aromatic heterocycles. The van der Waals surface area contributed by atoms with Crippen molar-refractivity contribution < 1.29 is 9.18 Å². The highest BCUT2D eigenvalue weighted by atomic mass is 19.1. The number of amides is 2. The van der Waals surface area contributed by atoms with Gasteiger partial charge in [0.2, 0.25) is 0 Å². The van der Waals surface area contributed by atoms with E-state index in [2.05, 4.69) is 10.6 Å². The molecule has 0 heterocycles. The molecule has 4 heteroatoms. The maximum Gasteiger partial charge on any atom is 0.315 e. The van der Waals surface area contributed by atoms with E-state index in [1.807, 2.05) is 0 Å². The summed E-state index contributed by atoms with van der Waals surface area (Å²) in [5.41, 5.74) is 0.510. The van der Waals surface area contributed by atoms with Gasteiger partial charge in [-0.2, -0.15) is 0 Å². The fraction of sp³-hybridized carbons (Fsp3) is 0.500. The zero-order valence-electron chi connectivity index (χ0n) is 10.4. The molecular formula is C14H19FN2O. The van der Waals surface area contributed by atoms with Gasteiger partial charge in [-0.15, -0.1) is 0 Å². The molecule has 0 bridgehead atoms. The van der Waals surface area contributed by atoms with Crippen molar-refractivity contribution in [3.8, 4) is 0 Å². The van der Waals surface area contributed by atoms with Crippen molar-refractivity contribution in [2.45, 2.75) is 44.7 Å². The Hall–Kier alpha value is -1.58. The summed E-state index contributed by atoms with van der Waals surface area (Å²) < 4.78 is 13.3. The summed E-state index contributed by atoms with van der Waals surface area (Å²) >= 11 is 0. The molecule has 1 saturated carbocycles. The number of rotatable bonds is 3. The van der Waals surface area contributed by atoms with E-state index in [-0.39, 0.29) is 24.4 Å². The van der Waals surface area contributed by atoms with Crippen LogP contribution in [0.15, 0.2) is 24.3 Å². The molecule has 98 valence electrons. The second-order valence-corrected chi connectivity index (χ2v) is 4.75. The lowest BCUT2D eigenvalue weighted by molar-refractivity contribution is 0.232. The first-order valence-electron chi connectivity index (χ1n) is 6.53. The smallest absolute Gasteiger partial charge is 0.315 e. The van der Waals surface area contributed by atoms with Gasteiger partial charge in [-0.1, -0.05) is 37.5 Å². The standard InChI is InChI=1S/C14H19FN2O/c15-13-9-5-4-6-11(13)10-16-14(18)17-12-7-2-1-3-8-12/h4-6,9,12H,1-3,7-8,10H2,(H2,16,17,18). The van der Waals surface area contributed by atoms with Gasteiger partial charge >= 0.3 is 6.03 Å². The van der Waals surface area contributed by atoms with E-state index >= 15 is 0 Å². The summed E-state index contributed by atoms with van der Waals surface area (Å²) in [7, 11) is 0. The third-order valence-corrected chi connectivity index (χ3v) is 3.34. The number of carbonyl (C=O) groups is 1. The Kier molecular flexibility index (Phi) is 4.56. The van der Waals surface area contributed by atoms with Crippen molar-refractivity contribution in [1.82, 2.24) is 10.6 Å². The van der Waals surface area contributed by atoms with E-state index in [4.69, 9.17) is 0 Å². The number of hydrogen-bond donors (Lipinski definition) is 2. The molecule has 1 aliphatic rings. The molecule has 1 aromatic carbocycles. The summed E-state index contributed by atoms with van der Waals surface area (Å²) in [6.45, 7) is 0.227. The van der Waals surface area contributed by atoms with E-state index < -0.39 is 0 Å². The van der Waals surface area contributed by atoms with Gasteiger partial charge in [0.25, 0.3) is 0 Å². The van der Waals surface area contributed by atoms with E-state index in [1.54, 1.807) is 18.2 Å². The van der Waals surface area contributed by atoms with Crippen LogP contribution in [0.1, 0.15) is 37.7 Å². The van der Waals surface area contributed by atoms with Crippen molar-refractivity contribution in [3.63, 3.8) is 0 Å². The summed E-state index contributed by atoms with van der Waals surface area (Å²) in [5, 5.41) is 5.63. The monoisotopic (exact) mass is 250 g/mol. The van der Waals surface area contributed by atoms with Gasteiger partial charge in [0.15, 0.2) is 0 Å². The second kappa shape index (κ2) is 6.38. The van der Waals surface area contributed by atoms with Crippen LogP contribution in [0.3, 0.4) is 0 Å². The van der Waals surface area contributed by atoms with Gasteiger partial charge in [-0.05, 0) is 18.9 Å². The number of benzene rings is 1. The van der Waals surface area contributed by atoms with Gasteiger partial charge in [0.1, 0.15) is 5.82 Å². The summed E-state index contributed by atoms with van der Waals surface area (Å²) in [5.74, 6) is -0.282. The van der Waals surface area contributed by atoms with Crippen LogP contribution in [0.5, 0.6) is 0 Å². The van der Waals surface area contributed by atoms with Gasteiger partial charge in [0.05, 0.1) is 0 Å². The van der Waals surface area contributed by atoms with E-state index in [0.29, 0.717) is 5.56 Å². The number of nitrogens with one attached hydrogen (secondary N) is 2. The molecule has 0 saturated heterocycles. The molecule has 1 aliphatic carbocycles. The Morgan fingerprint density at radius 1 is 1.22 bits per heavy atom. The molecule has 3 nitrogen and oxygen atoms in total. The topological polar surface area (TPSA) is 41.1 Å². The van der Waals surface area contributed by atoms with Gasteiger partial charge in [-0.3, -0.25) is 0 Å². The highest BCUT2D eigenvalue weighted by Gasteiger charge is 2.15. The normalized spacial score (nSPS) is 16.3. The average molecular weight is 250 g/mol. The van der Waals surface area contributed by atoms with Crippen LogP contribution in [0.25, 0.3) is 0 Å². The van der Waals surface area contributed by atoms with Crippen molar-refractivity contribution in [3.05, 3.63) is 35.6 Å². The number of halogens is 1. The molecule has 2 amide bonds. The number of carbonyl (C=O) groups excluding carboxylic acids is 1. The van der Waals surface area contributed by atoms with E-state index in [9.17, 15) is 9.18 Å². The molecule has 2 N–H and O–H groups in total. The third kappa shape index (κ3) is 3.72. The fourth-order valence-corrected chi connectivity index (χ4v) is 2.30. The molecular weight excluding hydrogens is 231 g/mol. The molecule has 0 radical (unpaired) electrons. The first kappa shape index (κ1) is 12.9. The van der Waals surface area contributed by atoms with E-state index in [0.717, 1.165) is 12.8 Å². The Bertz CT molecular complexity index is 403. The third-order valence-electron chi connectivity index (χ3n) is 3.34. The minimum Gasteiger partial charge on any atom is -0.335 e. The van der Waals surface area contributed by atoms with Crippen LogP contribution in [0.2, 0.25) is 0 Å². The van der Waals surface area contributed by atoms with Gasteiger partial charge < -0.3 is 10.6 Å². The summed E-state index contributed by atoms with van der Waals surface area (Å²) in [6.07, 6.45) is 5.71. The lowest BCUT2D eigenvalue weighted by Crippen LogP contribution is -2.42. The molecule has 0 spiro atoms. The van der Waals surface area contributed by atoms with Crippen LogP contribution in [0.4, 0.5) is 9.18 Å². The fourth-order valence-electron chi connectivity index (χ4n) is 2.30. The predicted octanol–water partition coefficient (Wildman–Crippen LogP) is 2.96. The highest BCUT2D eigenvalue weighted by molar-refractivity contribution is 5.74. The van der Waals surface area contributed by atoms with Crippen molar-refractivity contribution in [2.75, 3.05) is 0 Å². The predicted molar refractivity (Wildman–Crippen MR) is 68.6 cm³/mol. The molecule has 0 unspecified atom stereocenters. The average Bonchev–Trinajstić information content (AvgIpc) is 2.39. The van der Waals surface area contributed by atoms with Gasteiger partial charge in [0, 0.05) is 18.2 Å². The minimum atomic E-state index is -0.282. The van der Waals surface area contributed by atoms with E-state index in [1.165, 1.54) is 25.3 Å². The molecule has 18 heavy (non-hydrogen) atoms. The minimum absolute atomic E-state index is 0.204. The van der Waals surface area contributed by atoms with Crippen molar-refractivity contribution in [1.29, 1.82) is 0 Å². The summed E-state index contributed by atoms with van der Waals surface area (Å²) in [6, 6.07) is 6.55. The van der Waals surface area contributed by atoms with Crippen LogP contribution in [-0.4, -0.2) is 12.1 Å². The quantitative estimate of drug-likeness (QED) is 0.850. The Morgan fingerprint density at radius 2 is 1.94 bits per heavy atom. The number of hydrogen-bond acceptors (Lipinski definition) is 1. The highest BCUT2D eigenvalue weighted by Crippen LogP contribution is 2.17. The summed E-state index contributed by atoms with van der Waals surface area (Å²) in [4.78, 5) is 11.7. The zero-order valence-corrected chi connectivity index (χ0v) is 10.4. The molecule has 0 aliphatic heterocycles. The molecule has 1 fully saturated rings. The zero-order chi connectivity index (χ0) is 12.8. The lowest BCUT2D eigenvalue weighted by Gasteiger charge is -2.22. The maximum absolute atomic E-state index is 13.3.